The van der Waals surface area contributed by atoms with Gasteiger partial charge in [0.1, 0.15) is 6.29 Å². The van der Waals surface area contributed by atoms with E-state index in [1.807, 2.05) is 24.3 Å². The zero-order valence-electron chi connectivity index (χ0n) is 9.66. The molecule has 0 saturated heterocycles. The first-order chi connectivity index (χ1) is 7.03. The lowest BCUT2D eigenvalue weighted by molar-refractivity contribution is -0.104. The fourth-order valence-electron chi connectivity index (χ4n) is 1.57. The fourth-order valence-corrected chi connectivity index (χ4v) is 1.57. The van der Waals surface area contributed by atoms with Crippen molar-refractivity contribution in [1.29, 1.82) is 0 Å². The zero-order valence-corrected chi connectivity index (χ0v) is 9.66. The third-order valence-corrected chi connectivity index (χ3v) is 2.13. The Balaban J connectivity index is 2.96. The SMILES string of the molecule is CC(C)(C)Cc1ccccc1/C=C/C=O. The maximum absolute atomic E-state index is 10.3. The Morgan fingerprint density at radius 3 is 2.47 bits per heavy atom. The van der Waals surface area contributed by atoms with E-state index in [1.54, 1.807) is 6.08 Å². The molecule has 1 nitrogen and oxygen atoms in total. The number of carbonyl (C=O) groups excluding carboxylic acids is 1. The molecule has 0 amide bonds. The molecular weight excluding hydrogens is 184 g/mol. The summed E-state index contributed by atoms with van der Waals surface area (Å²) in [5.41, 5.74) is 2.70. The van der Waals surface area contributed by atoms with Crippen molar-refractivity contribution < 1.29 is 4.79 Å². The second-order valence-corrected chi connectivity index (χ2v) is 4.93. The monoisotopic (exact) mass is 202 g/mol. The number of hydrogen-bond donors (Lipinski definition) is 0. The second kappa shape index (κ2) is 4.92. The highest BCUT2D eigenvalue weighted by atomic mass is 16.1. The predicted molar refractivity (Wildman–Crippen MR) is 64.7 cm³/mol. The highest BCUT2D eigenvalue weighted by Gasteiger charge is 2.12. The molecule has 80 valence electrons. The molecule has 0 saturated carbocycles. The molecule has 0 N–H and O–H groups in total. The van der Waals surface area contributed by atoms with E-state index in [0.29, 0.717) is 0 Å². The van der Waals surface area contributed by atoms with Crippen LogP contribution in [0.3, 0.4) is 0 Å². The number of carbonyl (C=O) groups is 1. The third-order valence-electron chi connectivity index (χ3n) is 2.13. The van der Waals surface area contributed by atoms with Crippen molar-refractivity contribution in [2.75, 3.05) is 0 Å². The van der Waals surface area contributed by atoms with Gasteiger partial charge in [-0.15, -0.1) is 0 Å². The largest absolute Gasteiger partial charge is 0.299 e. The minimum atomic E-state index is 0.269. The van der Waals surface area contributed by atoms with Gasteiger partial charge in [-0.3, -0.25) is 4.79 Å². The maximum Gasteiger partial charge on any atom is 0.142 e. The van der Waals surface area contributed by atoms with Crippen LogP contribution in [0.15, 0.2) is 30.3 Å². The lowest BCUT2D eigenvalue weighted by Crippen LogP contribution is -2.10. The van der Waals surface area contributed by atoms with E-state index in [0.717, 1.165) is 18.3 Å². The molecule has 1 rings (SSSR count). The Morgan fingerprint density at radius 1 is 1.20 bits per heavy atom. The summed E-state index contributed by atoms with van der Waals surface area (Å²) in [6.45, 7) is 6.65. The summed E-state index contributed by atoms with van der Waals surface area (Å²) in [6, 6.07) is 8.20. The van der Waals surface area contributed by atoms with Crippen LogP contribution >= 0.6 is 0 Å². The summed E-state index contributed by atoms with van der Waals surface area (Å²) < 4.78 is 0. The standard InChI is InChI=1S/C14H18O/c1-14(2,3)11-13-8-5-4-7-12(13)9-6-10-15/h4-10H,11H2,1-3H3/b9-6+. The quantitative estimate of drug-likeness (QED) is 0.541. The van der Waals surface area contributed by atoms with Gasteiger partial charge in [0.25, 0.3) is 0 Å². The van der Waals surface area contributed by atoms with Crippen LogP contribution in [0.25, 0.3) is 6.08 Å². The average Bonchev–Trinajstić information content (AvgIpc) is 2.14. The molecule has 0 aliphatic rings. The van der Waals surface area contributed by atoms with Gasteiger partial charge < -0.3 is 0 Å². The Kier molecular flexibility index (Phi) is 3.84. The van der Waals surface area contributed by atoms with Crippen LogP contribution in [0.2, 0.25) is 0 Å². The van der Waals surface area contributed by atoms with Crippen molar-refractivity contribution in [3.63, 3.8) is 0 Å². The van der Waals surface area contributed by atoms with Gasteiger partial charge in [0.15, 0.2) is 0 Å². The molecule has 0 spiro atoms. The van der Waals surface area contributed by atoms with Crippen molar-refractivity contribution in [3.05, 3.63) is 41.5 Å². The van der Waals surface area contributed by atoms with E-state index < -0.39 is 0 Å². The molecule has 0 aliphatic carbocycles. The van der Waals surface area contributed by atoms with Gasteiger partial charge >= 0.3 is 0 Å². The number of allylic oxidation sites excluding steroid dienone is 1. The van der Waals surface area contributed by atoms with Crippen molar-refractivity contribution >= 4 is 12.4 Å². The van der Waals surface area contributed by atoms with Gasteiger partial charge in [-0.05, 0) is 29.0 Å². The van der Waals surface area contributed by atoms with Crippen LogP contribution < -0.4 is 0 Å². The highest BCUT2D eigenvalue weighted by molar-refractivity contribution is 5.74. The molecule has 15 heavy (non-hydrogen) atoms. The van der Waals surface area contributed by atoms with Crippen molar-refractivity contribution in [2.45, 2.75) is 27.2 Å². The van der Waals surface area contributed by atoms with Gasteiger partial charge in [-0.2, -0.15) is 0 Å². The van der Waals surface area contributed by atoms with Crippen molar-refractivity contribution in [2.24, 2.45) is 5.41 Å². The fraction of sp³-hybridized carbons (Fsp3) is 0.357. The number of hydrogen-bond acceptors (Lipinski definition) is 1. The molecule has 0 aromatic heterocycles. The molecule has 0 aliphatic heterocycles. The lowest BCUT2D eigenvalue weighted by atomic mass is 9.86. The summed E-state index contributed by atoms with van der Waals surface area (Å²) in [5.74, 6) is 0. The van der Waals surface area contributed by atoms with Crippen LogP contribution in [-0.2, 0) is 11.2 Å². The summed E-state index contributed by atoms with van der Waals surface area (Å²) in [7, 11) is 0. The zero-order chi connectivity index (χ0) is 11.3. The van der Waals surface area contributed by atoms with Gasteiger partial charge in [0.2, 0.25) is 0 Å². The minimum absolute atomic E-state index is 0.269. The molecule has 0 bridgehead atoms. The van der Waals surface area contributed by atoms with Gasteiger partial charge in [0, 0.05) is 0 Å². The Bertz CT molecular complexity index is 356. The molecular formula is C14H18O. The Labute approximate surface area is 91.8 Å². The van der Waals surface area contributed by atoms with E-state index in [-0.39, 0.29) is 5.41 Å². The molecule has 1 aromatic rings. The van der Waals surface area contributed by atoms with Crippen LogP contribution in [0.4, 0.5) is 0 Å². The lowest BCUT2D eigenvalue weighted by Gasteiger charge is -2.19. The van der Waals surface area contributed by atoms with E-state index in [2.05, 4.69) is 26.8 Å². The smallest absolute Gasteiger partial charge is 0.142 e. The molecule has 1 heteroatoms. The van der Waals surface area contributed by atoms with Crippen LogP contribution in [-0.4, -0.2) is 6.29 Å². The van der Waals surface area contributed by atoms with E-state index in [1.165, 1.54) is 5.56 Å². The minimum Gasteiger partial charge on any atom is -0.299 e. The van der Waals surface area contributed by atoms with E-state index in [4.69, 9.17) is 0 Å². The Hall–Kier alpha value is -1.37. The van der Waals surface area contributed by atoms with Crippen molar-refractivity contribution in [1.82, 2.24) is 0 Å². The summed E-state index contributed by atoms with van der Waals surface area (Å²) in [4.78, 5) is 10.3. The van der Waals surface area contributed by atoms with Crippen LogP contribution in [0, 0.1) is 5.41 Å². The first-order valence-electron chi connectivity index (χ1n) is 5.23. The normalized spacial score (nSPS) is 11.9. The molecule has 0 radical (unpaired) electrons. The topological polar surface area (TPSA) is 17.1 Å². The first-order valence-corrected chi connectivity index (χ1v) is 5.23. The summed E-state index contributed by atoms with van der Waals surface area (Å²) in [5, 5.41) is 0. The molecule has 0 unspecified atom stereocenters. The molecule has 1 aromatic carbocycles. The molecule has 0 fully saturated rings. The van der Waals surface area contributed by atoms with Gasteiger partial charge in [-0.25, -0.2) is 0 Å². The van der Waals surface area contributed by atoms with Crippen molar-refractivity contribution in [3.8, 4) is 0 Å². The van der Waals surface area contributed by atoms with Gasteiger partial charge in [-0.1, -0.05) is 51.1 Å². The van der Waals surface area contributed by atoms with E-state index >= 15 is 0 Å². The van der Waals surface area contributed by atoms with Gasteiger partial charge in [0.05, 0.1) is 0 Å². The average molecular weight is 202 g/mol. The highest BCUT2D eigenvalue weighted by Crippen LogP contribution is 2.23. The second-order valence-electron chi connectivity index (χ2n) is 4.93. The summed E-state index contributed by atoms with van der Waals surface area (Å²) in [6.07, 6.45) is 5.25. The third kappa shape index (κ3) is 4.11. The van der Waals surface area contributed by atoms with E-state index in [9.17, 15) is 4.79 Å². The van der Waals surface area contributed by atoms with Crippen LogP contribution in [0.1, 0.15) is 31.9 Å². The first kappa shape index (κ1) is 11.7. The molecule has 0 atom stereocenters. The Morgan fingerprint density at radius 2 is 1.87 bits per heavy atom. The number of rotatable bonds is 3. The number of benzene rings is 1. The maximum atomic E-state index is 10.3. The van der Waals surface area contributed by atoms with Crippen LogP contribution in [0.5, 0.6) is 0 Å². The number of aldehydes is 1. The summed E-state index contributed by atoms with van der Waals surface area (Å²) >= 11 is 0. The predicted octanol–water partition coefficient (Wildman–Crippen LogP) is 3.49. The molecule has 0 heterocycles.